The summed E-state index contributed by atoms with van der Waals surface area (Å²) < 4.78 is 5.66. The van der Waals surface area contributed by atoms with Gasteiger partial charge < -0.3 is 14.7 Å². The van der Waals surface area contributed by atoms with Crippen LogP contribution in [0.2, 0.25) is 0 Å². The van der Waals surface area contributed by atoms with Crippen LogP contribution >= 0.6 is 0 Å². The molecule has 6 heteroatoms. The Morgan fingerprint density at radius 1 is 1.03 bits per heavy atom. The van der Waals surface area contributed by atoms with E-state index >= 15 is 0 Å². The minimum atomic E-state index is -0.400. The molecule has 0 bridgehead atoms. The van der Waals surface area contributed by atoms with E-state index in [0.29, 0.717) is 22.7 Å². The molecule has 0 aromatic heterocycles. The van der Waals surface area contributed by atoms with Crippen molar-refractivity contribution in [2.75, 3.05) is 25.1 Å². The van der Waals surface area contributed by atoms with Crippen molar-refractivity contribution in [2.24, 2.45) is 0 Å². The number of carbonyl (C=O) groups excluding carboxylic acids is 2. The van der Waals surface area contributed by atoms with Crippen molar-refractivity contribution in [1.29, 1.82) is 0 Å². The van der Waals surface area contributed by atoms with Crippen LogP contribution in [-0.2, 0) is 9.59 Å². The van der Waals surface area contributed by atoms with Crippen LogP contribution in [0.1, 0.15) is 30.5 Å². The summed E-state index contributed by atoms with van der Waals surface area (Å²) >= 11 is 0. The number of likely N-dealkylation sites (N-methyl/N-ethyl adjacent to an activating group) is 1. The summed E-state index contributed by atoms with van der Waals surface area (Å²) in [6.07, 6.45) is 0.0300. The van der Waals surface area contributed by atoms with Gasteiger partial charge in [0.1, 0.15) is 11.4 Å². The Balaban J connectivity index is 2.06. The minimum Gasteiger partial charge on any atom is -0.491 e. The highest BCUT2D eigenvalue weighted by Gasteiger charge is 2.42. The van der Waals surface area contributed by atoms with Crippen LogP contribution < -0.4 is 9.64 Å². The Kier molecular flexibility index (Phi) is 6.27. The molecule has 2 aromatic rings. The van der Waals surface area contributed by atoms with Crippen LogP contribution in [0.15, 0.2) is 48.2 Å². The number of aryl methyl sites for hydroxylation is 2. The average Bonchev–Trinajstić information content (AvgIpc) is 2.93. The topological polar surface area (TPSA) is 70.1 Å². The molecule has 2 aromatic carbocycles. The lowest BCUT2D eigenvalue weighted by Crippen LogP contribution is -2.34. The lowest BCUT2D eigenvalue weighted by atomic mass is 9.97. The first kappa shape index (κ1) is 21.6. The van der Waals surface area contributed by atoms with Gasteiger partial charge in [0.2, 0.25) is 0 Å². The van der Waals surface area contributed by atoms with E-state index in [2.05, 4.69) is 0 Å². The Morgan fingerprint density at radius 3 is 2.27 bits per heavy atom. The molecule has 0 atom stereocenters. The van der Waals surface area contributed by atoms with Gasteiger partial charge in [0, 0.05) is 13.6 Å². The monoisotopic (exact) mass is 408 g/mol. The zero-order valence-corrected chi connectivity index (χ0v) is 18.1. The fourth-order valence-electron chi connectivity index (χ4n) is 3.65. The van der Waals surface area contributed by atoms with Crippen molar-refractivity contribution in [3.8, 4) is 5.75 Å². The first-order valence-corrected chi connectivity index (χ1v) is 10.0. The van der Waals surface area contributed by atoms with Gasteiger partial charge in [-0.25, -0.2) is 4.90 Å². The van der Waals surface area contributed by atoms with Crippen LogP contribution in [0.4, 0.5) is 5.69 Å². The maximum absolute atomic E-state index is 13.5. The summed E-state index contributed by atoms with van der Waals surface area (Å²) in [5, 5.41) is 9.39. The number of imide groups is 1. The van der Waals surface area contributed by atoms with Crippen molar-refractivity contribution >= 4 is 23.1 Å². The second kappa shape index (κ2) is 8.71. The van der Waals surface area contributed by atoms with Crippen molar-refractivity contribution in [1.82, 2.24) is 4.90 Å². The van der Waals surface area contributed by atoms with Gasteiger partial charge in [0.05, 0.1) is 24.0 Å². The van der Waals surface area contributed by atoms with Gasteiger partial charge in [-0.15, -0.1) is 0 Å². The second-order valence-corrected chi connectivity index (χ2v) is 7.79. The van der Waals surface area contributed by atoms with E-state index in [1.165, 1.54) is 4.90 Å². The van der Waals surface area contributed by atoms with Gasteiger partial charge in [0.15, 0.2) is 0 Å². The third-order valence-electron chi connectivity index (χ3n) is 4.99. The van der Waals surface area contributed by atoms with Crippen molar-refractivity contribution in [2.45, 2.75) is 33.8 Å². The van der Waals surface area contributed by atoms with Gasteiger partial charge in [0.25, 0.3) is 11.8 Å². The predicted molar refractivity (Wildman–Crippen MR) is 117 cm³/mol. The number of rotatable bonds is 7. The van der Waals surface area contributed by atoms with Crippen LogP contribution in [0.5, 0.6) is 5.75 Å². The van der Waals surface area contributed by atoms with Gasteiger partial charge >= 0.3 is 0 Å². The Bertz CT molecular complexity index is 993. The number of hydrogen-bond donors (Lipinski definition) is 1. The molecular formula is C24H28N2O4. The maximum Gasteiger partial charge on any atom is 0.282 e. The number of aliphatic hydroxyl groups excluding tert-OH is 1. The van der Waals surface area contributed by atoms with Crippen LogP contribution in [0, 0.1) is 13.8 Å². The zero-order chi connectivity index (χ0) is 22.0. The molecule has 0 radical (unpaired) electrons. The highest BCUT2D eigenvalue weighted by Crippen LogP contribution is 2.36. The fourth-order valence-corrected chi connectivity index (χ4v) is 3.65. The highest BCUT2D eigenvalue weighted by atomic mass is 16.5. The summed E-state index contributed by atoms with van der Waals surface area (Å²) in [6.45, 7) is 7.91. The molecule has 1 heterocycles. The third-order valence-corrected chi connectivity index (χ3v) is 4.99. The molecule has 6 nitrogen and oxygen atoms in total. The number of hydrogen-bond acceptors (Lipinski definition) is 5. The Hall–Kier alpha value is -3.12. The molecule has 1 N–H and O–H groups in total. The molecule has 2 amide bonds. The number of carbonyl (C=O) groups is 2. The maximum atomic E-state index is 13.5. The number of ether oxygens (including phenoxy) is 1. The lowest BCUT2D eigenvalue weighted by molar-refractivity contribution is -0.120. The molecule has 30 heavy (non-hydrogen) atoms. The molecule has 0 unspecified atom stereocenters. The lowest BCUT2D eigenvalue weighted by Gasteiger charge is -2.20. The van der Waals surface area contributed by atoms with Crippen molar-refractivity contribution in [3.05, 3.63) is 64.9 Å². The number of aliphatic hydroxyl groups is 1. The van der Waals surface area contributed by atoms with Crippen LogP contribution in [0.25, 0.3) is 5.57 Å². The highest BCUT2D eigenvalue weighted by molar-refractivity contribution is 6.45. The van der Waals surface area contributed by atoms with E-state index in [-0.39, 0.29) is 25.2 Å². The predicted octanol–water partition coefficient (Wildman–Crippen LogP) is 3.30. The van der Waals surface area contributed by atoms with Gasteiger partial charge in [-0.1, -0.05) is 23.8 Å². The minimum absolute atomic E-state index is 0.0300. The second-order valence-electron chi connectivity index (χ2n) is 7.79. The molecule has 0 spiro atoms. The smallest absolute Gasteiger partial charge is 0.282 e. The van der Waals surface area contributed by atoms with Crippen molar-refractivity contribution in [3.63, 3.8) is 0 Å². The summed E-state index contributed by atoms with van der Waals surface area (Å²) in [6, 6.07) is 12.7. The van der Waals surface area contributed by atoms with Crippen molar-refractivity contribution < 1.29 is 19.4 Å². The summed E-state index contributed by atoms with van der Waals surface area (Å²) in [5.41, 5.74) is 3.86. The van der Waals surface area contributed by atoms with E-state index in [0.717, 1.165) is 16.7 Å². The standard InChI is InChI=1S/C24H28N2O4/c1-15(2)30-19-9-7-18(8-10-19)26-23(28)21(20-11-6-16(3)14-17(20)4)22(24(26)29)25(5)12-13-27/h6-11,14-15,27H,12-13H2,1-5H3. The normalized spacial score (nSPS) is 14.2. The van der Waals surface area contributed by atoms with Crippen LogP contribution in [-0.4, -0.2) is 48.1 Å². The first-order chi connectivity index (χ1) is 14.2. The molecule has 0 saturated heterocycles. The van der Waals surface area contributed by atoms with E-state index in [1.807, 2.05) is 45.9 Å². The SMILES string of the molecule is Cc1ccc(C2=C(N(C)CCO)C(=O)N(c3ccc(OC(C)C)cc3)C2=O)c(C)c1. The zero-order valence-electron chi connectivity index (χ0n) is 18.1. The summed E-state index contributed by atoms with van der Waals surface area (Å²) in [4.78, 5) is 29.6. The fraction of sp³-hybridized carbons (Fsp3) is 0.333. The molecule has 0 saturated carbocycles. The van der Waals surface area contributed by atoms with E-state index < -0.39 is 5.91 Å². The molecule has 1 aliphatic heterocycles. The molecular weight excluding hydrogens is 380 g/mol. The Morgan fingerprint density at radius 2 is 1.70 bits per heavy atom. The summed E-state index contributed by atoms with van der Waals surface area (Å²) in [5.74, 6) is -0.0965. The molecule has 3 rings (SSSR count). The average molecular weight is 408 g/mol. The molecule has 1 aliphatic rings. The number of benzene rings is 2. The van der Waals surface area contributed by atoms with E-state index in [9.17, 15) is 14.7 Å². The van der Waals surface area contributed by atoms with E-state index in [4.69, 9.17) is 4.74 Å². The van der Waals surface area contributed by atoms with Crippen LogP contribution in [0.3, 0.4) is 0 Å². The first-order valence-electron chi connectivity index (χ1n) is 10.0. The number of anilines is 1. The van der Waals surface area contributed by atoms with Gasteiger partial charge in [-0.2, -0.15) is 0 Å². The molecule has 0 fully saturated rings. The number of amides is 2. The van der Waals surface area contributed by atoms with E-state index in [1.54, 1.807) is 36.2 Å². The quantitative estimate of drug-likeness (QED) is 0.712. The third kappa shape index (κ3) is 4.09. The summed E-state index contributed by atoms with van der Waals surface area (Å²) in [7, 11) is 1.71. The molecule has 0 aliphatic carbocycles. The largest absolute Gasteiger partial charge is 0.491 e. The number of nitrogens with zero attached hydrogens (tertiary/aromatic N) is 2. The van der Waals surface area contributed by atoms with Gasteiger partial charge in [-0.05, 0) is 63.1 Å². The van der Waals surface area contributed by atoms with Gasteiger partial charge in [-0.3, -0.25) is 9.59 Å². The Labute approximate surface area is 177 Å². The molecule has 158 valence electrons.